The van der Waals surface area contributed by atoms with Gasteiger partial charge in [0.25, 0.3) is 0 Å². The maximum absolute atomic E-state index is 10.6. The Morgan fingerprint density at radius 2 is 2.00 bits per heavy atom. The minimum atomic E-state index is -0.632. The number of ether oxygens (including phenoxy) is 1. The van der Waals surface area contributed by atoms with Crippen molar-refractivity contribution < 1.29 is 9.84 Å². The molecule has 0 amide bonds. The molecule has 0 radical (unpaired) electrons. The minimum Gasteiger partial charge on any atom is -0.493 e. The van der Waals surface area contributed by atoms with Crippen molar-refractivity contribution in [2.45, 2.75) is 19.1 Å². The molecule has 2 aromatic rings. The Morgan fingerprint density at radius 1 is 1.29 bits per heavy atom. The molecular weight excluding hydrogens is 266 g/mol. The Balaban J connectivity index is 2.17. The van der Waals surface area contributed by atoms with Crippen LogP contribution in [-0.4, -0.2) is 47.5 Å². The molecule has 0 aliphatic rings. The molecule has 5 nitrogen and oxygen atoms in total. The van der Waals surface area contributed by atoms with Gasteiger partial charge in [-0.1, -0.05) is 30.3 Å². The van der Waals surface area contributed by atoms with Crippen LogP contribution in [0.3, 0.4) is 0 Å². The summed E-state index contributed by atoms with van der Waals surface area (Å²) >= 11 is 0. The maximum atomic E-state index is 10.6. The molecule has 2 rings (SSSR count). The molecule has 114 valence electrons. The zero-order valence-electron chi connectivity index (χ0n) is 12.9. The lowest BCUT2D eigenvalue weighted by molar-refractivity contribution is 0.161. The highest BCUT2D eigenvalue weighted by molar-refractivity contribution is 5.29. The quantitative estimate of drug-likeness (QED) is 0.843. The van der Waals surface area contributed by atoms with Gasteiger partial charge in [0.05, 0.1) is 19.9 Å². The Labute approximate surface area is 125 Å². The Kier molecular flexibility index (Phi) is 5.36. The lowest BCUT2D eigenvalue weighted by atomic mass is 10.1. The fourth-order valence-electron chi connectivity index (χ4n) is 2.28. The van der Waals surface area contributed by atoms with Crippen LogP contribution in [0.5, 0.6) is 5.75 Å². The summed E-state index contributed by atoms with van der Waals surface area (Å²) in [6.07, 6.45) is 1.58. The lowest BCUT2D eigenvalue weighted by Crippen LogP contribution is -2.21. The molecule has 0 aliphatic carbocycles. The largest absolute Gasteiger partial charge is 0.493 e. The van der Waals surface area contributed by atoms with Crippen LogP contribution < -0.4 is 4.74 Å². The summed E-state index contributed by atoms with van der Waals surface area (Å²) in [4.78, 5) is 2.08. The van der Waals surface area contributed by atoms with E-state index in [0.29, 0.717) is 12.2 Å². The Bertz CT molecular complexity index is 552. The van der Waals surface area contributed by atoms with Crippen LogP contribution in [0.25, 0.3) is 0 Å². The summed E-state index contributed by atoms with van der Waals surface area (Å²) in [6.45, 7) is 1.58. The van der Waals surface area contributed by atoms with Crippen molar-refractivity contribution in [1.29, 1.82) is 0 Å². The summed E-state index contributed by atoms with van der Waals surface area (Å²) in [5, 5.41) is 14.9. The van der Waals surface area contributed by atoms with Gasteiger partial charge in [0.1, 0.15) is 11.8 Å². The third kappa shape index (κ3) is 4.06. The van der Waals surface area contributed by atoms with E-state index in [1.807, 2.05) is 49.1 Å². The molecule has 1 aromatic heterocycles. The van der Waals surface area contributed by atoms with Crippen LogP contribution in [0.2, 0.25) is 0 Å². The van der Waals surface area contributed by atoms with Crippen molar-refractivity contribution in [3.05, 3.63) is 47.8 Å². The molecule has 1 unspecified atom stereocenters. The number of aliphatic hydroxyl groups is 1. The summed E-state index contributed by atoms with van der Waals surface area (Å²) < 4.78 is 7.16. The van der Waals surface area contributed by atoms with Gasteiger partial charge >= 0.3 is 0 Å². The number of nitrogens with zero attached hydrogens (tertiary/aromatic N) is 3. The molecule has 1 atom stereocenters. The zero-order chi connectivity index (χ0) is 15.2. The van der Waals surface area contributed by atoms with Gasteiger partial charge < -0.3 is 14.7 Å². The van der Waals surface area contributed by atoms with E-state index in [2.05, 4.69) is 10.00 Å². The average Bonchev–Trinajstić information content (AvgIpc) is 2.89. The average molecular weight is 289 g/mol. The Hall–Kier alpha value is -1.85. The lowest BCUT2D eigenvalue weighted by Gasteiger charge is -2.16. The molecular formula is C16H23N3O2. The zero-order valence-corrected chi connectivity index (χ0v) is 12.9. The van der Waals surface area contributed by atoms with Crippen LogP contribution in [0.4, 0.5) is 0 Å². The van der Waals surface area contributed by atoms with Crippen molar-refractivity contribution in [2.75, 3.05) is 27.7 Å². The van der Waals surface area contributed by atoms with E-state index in [9.17, 15) is 5.11 Å². The number of benzene rings is 1. The molecule has 1 aromatic carbocycles. The van der Waals surface area contributed by atoms with E-state index in [1.54, 1.807) is 13.3 Å². The molecule has 5 heteroatoms. The maximum Gasteiger partial charge on any atom is 0.162 e. The van der Waals surface area contributed by atoms with Crippen molar-refractivity contribution in [1.82, 2.24) is 14.7 Å². The van der Waals surface area contributed by atoms with E-state index in [1.165, 1.54) is 0 Å². The van der Waals surface area contributed by atoms with Gasteiger partial charge in [-0.05, 0) is 19.7 Å². The molecule has 0 saturated heterocycles. The van der Waals surface area contributed by atoms with Gasteiger partial charge in [-0.15, -0.1) is 0 Å². The summed E-state index contributed by atoms with van der Waals surface area (Å²) in [5.74, 6) is 0.636. The van der Waals surface area contributed by atoms with Gasteiger partial charge in [0.15, 0.2) is 5.75 Å². The first-order chi connectivity index (χ1) is 10.1. The van der Waals surface area contributed by atoms with Crippen LogP contribution in [0, 0.1) is 0 Å². The highest BCUT2D eigenvalue weighted by atomic mass is 16.5. The first-order valence-electron chi connectivity index (χ1n) is 7.08. The molecule has 0 aliphatic heterocycles. The second kappa shape index (κ2) is 7.24. The third-order valence-corrected chi connectivity index (χ3v) is 3.41. The predicted octanol–water partition coefficient (Wildman–Crippen LogP) is 1.73. The topological polar surface area (TPSA) is 50.5 Å². The summed E-state index contributed by atoms with van der Waals surface area (Å²) in [5.41, 5.74) is 1.83. The van der Waals surface area contributed by atoms with Crippen molar-refractivity contribution in [2.24, 2.45) is 0 Å². The van der Waals surface area contributed by atoms with Crippen LogP contribution >= 0.6 is 0 Å². The second-order valence-electron chi connectivity index (χ2n) is 5.33. The van der Waals surface area contributed by atoms with Crippen molar-refractivity contribution >= 4 is 0 Å². The highest BCUT2D eigenvalue weighted by Gasteiger charge is 2.20. The third-order valence-electron chi connectivity index (χ3n) is 3.41. The van der Waals surface area contributed by atoms with Gasteiger partial charge in [0.2, 0.25) is 0 Å². The molecule has 0 saturated carbocycles. The van der Waals surface area contributed by atoms with Crippen LogP contribution in [-0.2, 0) is 13.0 Å². The first-order valence-corrected chi connectivity index (χ1v) is 7.08. The number of aromatic nitrogens is 2. The molecule has 1 N–H and O–H groups in total. The standard InChI is InChI=1S/C16H23N3O2/c1-18(2)9-10-19-16(15(21-3)12-17-19)14(20)11-13-7-5-4-6-8-13/h4-8,12,14,20H,9-11H2,1-3H3. The van der Waals surface area contributed by atoms with E-state index in [-0.39, 0.29) is 0 Å². The van der Waals surface area contributed by atoms with Crippen molar-refractivity contribution in [3.8, 4) is 5.75 Å². The van der Waals surface area contributed by atoms with Gasteiger partial charge in [0, 0.05) is 13.0 Å². The van der Waals surface area contributed by atoms with E-state index in [0.717, 1.165) is 24.3 Å². The van der Waals surface area contributed by atoms with Crippen LogP contribution in [0.15, 0.2) is 36.5 Å². The monoisotopic (exact) mass is 289 g/mol. The first kappa shape index (κ1) is 15.5. The number of hydrogen-bond acceptors (Lipinski definition) is 4. The summed E-state index contributed by atoms with van der Waals surface area (Å²) in [6, 6.07) is 9.94. The predicted molar refractivity (Wildman–Crippen MR) is 82.4 cm³/mol. The van der Waals surface area contributed by atoms with E-state index in [4.69, 9.17) is 4.74 Å². The van der Waals surface area contributed by atoms with E-state index >= 15 is 0 Å². The number of rotatable bonds is 7. The van der Waals surface area contributed by atoms with Gasteiger partial charge in [-0.2, -0.15) is 5.10 Å². The molecule has 21 heavy (non-hydrogen) atoms. The fourth-order valence-corrected chi connectivity index (χ4v) is 2.28. The second-order valence-corrected chi connectivity index (χ2v) is 5.33. The molecule has 0 bridgehead atoms. The number of hydrogen-bond donors (Lipinski definition) is 1. The fraction of sp³-hybridized carbons (Fsp3) is 0.438. The molecule has 1 heterocycles. The summed E-state index contributed by atoms with van der Waals surface area (Å²) in [7, 11) is 5.63. The van der Waals surface area contributed by atoms with Gasteiger partial charge in [-0.3, -0.25) is 4.68 Å². The Morgan fingerprint density at radius 3 is 2.62 bits per heavy atom. The normalized spacial score (nSPS) is 12.6. The minimum absolute atomic E-state index is 0.546. The van der Waals surface area contributed by atoms with E-state index < -0.39 is 6.10 Å². The van der Waals surface area contributed by atoms with Crippen LogP contribution in [0.1, 0.15) is 17.4 Å². The number of methoxy groups -OCH3 is 1. The molecule has 0 fully saturated rings. The molecule has 0 spiro atoms. The highest BCUT2D eigenvalue weighted by Crippen LogP contribution is 2.27. The smallest absolute Gasteiger partial charge is 0.162 e. The number of likely N-dealkylation sites (N-methyl/N-ethyl adjacent to an activating group) is 1. The van der Waals surface area contributed by atoms with Crippen molar-refractivity contribution in [3.63, 3.8) is 0 Å². The number of aliphatic hydroxyl groups excluding tert-OH is 1. The van der Waals surface area contributed by atoms with Gasteiger partial charge in [-0.25, -0.2) is 0 Å². The SMILES string of the molecule is COc1cnn(CCN(C)C)c1C(O)Cc1ccccc1.